The number of nitrogens with one attached hydrogen (secondary N) is 1. The van der Waals surface area contributed by atoms with Gasteiger partial charge in [0.25, 0.3) is 0 Å². The second-order valence-corrected chi connectivity index (χ2v) is 6.09. The summed E-state index contributed by atoms with van der Waals surface area (Å²) in [6.07, 6.45) is 5.58. The van der Waals surface area contributed by atoms with Gasteiger partial charge in [-0.25, -0.2) is 0 Å². The average molecular weight is 244 g/mol. The third-order valence-electron chi connectivity index (χ3n) is 3.29. The van der Waals surface area contributed by atoms with Gasteiger partial charge in [-0.05, 0) is 50.5 Å². The van der Waals surface area contributed by atoms with E-state index >= 15 is 0 Å². The van der Waals surface area contributed by atoms with Gasteiger partial charge >= 0.3 is 0 Å². The summed E-state index contributed by atoms with van der Waals surface area (Å²) in [6.45, 7) is 8.62. The molecule has 1 aliphatic rings. The molecule has 2 heteroatoms. The lowest BCUT2D eigenvalue weighted by atomic mass is 10.1. The van der Waals surface area contributed by atoms with Gasteiger partial charge in [0.15, 0.2) is 0 Å². The fourth-order valence-corrected chi connectivity index (χ4v) is 2.25. The molecule has 1 aromatic carbocycles. The normalized spacial score (nSPS) is 15.4. The quantitative estimate of drug-likeness (QED) is 0.879. The standard InChI is InChI=1S/C16H24N2/c1-16(2,3)17-10-5-6-13-7-8-15-14(12-13)9-11-18(15)4/h5-8,12,17H,9-11H2,1-4H3. The van der Waals surface area contributed by atoms with Crippen molar-refractivity contribution in [2.24, 2.45) is 0 Å². The van der Waals surface area contributed by atoms with Gasteiger partial charge in [0, 0.05) is 31.4 Å². The lowest BCUT2D eigenvalue weighted by Gasteiger charge is -2.18. The number of likely N-dealkylation sites (N-methyl/N-ethyl adjacent to an activating group) is 1. The molecular weight excluding hydrogens is 220 g/mol. The molecule has 0 aliphatic carbocycles. The van der Waals surface area contributed by atoms with E-state index in [1.807, 2.05) is 0 Å². The van der Waals surface area contributed by atoms with Crippen molar-refractivity contribution in [2.75, 3.05) is 25.0 Å². The van der Waals surface area contributed by atoms with Gasteiger partial charge in [-0.1, -0.05) is 18.2 Å². The van der Waals surface area contributed by atoms with Crippen LogP contribution < -0.4 is 10.2 Å². The van der Waals surface area contributed by atoms with Crippen LogP contribution in [0.15, 0.2) is 24.3 Å². The highest BCUT2D eigenvalue weighted by molar-refractivity contribution is 5.63. The van der Waals surface area contributed by atoms with Gasteiger partial charge in [-0.15, -0.1) is 0 Å². The molecule has 0 aromatic heterocycles. The summed E-state index contributed by atoms with van der Waals surface area (Å²) < 4.78 is 0. The summed E-state index contributed by atoms with van der Waals surface area (Å²) in [6, 6.07) is 6.75. The minimum Gasteiger partial charge on any atom is -0.374 e. The molecule has 0 spiro atoms. The predicted octanol–water partition coefficient (Wildman–Crippen LogP) is 3.08. The van der Waals surface area contributed by atoms with Crippen LogP contribution in [0.4, 0.5) is 5.69 Å². The van der Waals surface area contributed by atoms with Crippen molar-refractivity contribution in [2.45, 2.75) is 32.7 Å². The molecule has 1 heterocycles. The largest absolute Gasteiger partial charge is 0.374 e. The first-order chi connectivity index (χ1) is 8.46. The summed E-state index contributed by atoms with van der Waals surface area (Å²) in [7, 11) is 2.16. The predicted molar refractivity (Wildman–Crippen MR) is 80.2 cm³/mol. The number of rotatable bonds is 3. The zero-order valence-electron chi connectivity index (χ0n) is 12.0. The molecule has 18 heavy (non-hydrogen) atoms. The Hall–Kier alpha value is -1.28. The molecule has 2 rings (SSSR count). The molecule has 0 bridgehead atoms. The smallest absolute Gasteiger partial charge is 0.0397 e. The van der Waals surface area contributed by atoms with Gasteiger partial charge in [-0.3, -0.25) is 0 Å². The van der Waals surface area contributed by atoms with Crippen molar-refractivity contribution < 1.29 is 0 Å². The zero-order valence-corrected chi connectivity index (χ0v) is 12.0. The van der Waals surface area contributed by atoms with Gasteiger partial charge in [0.1, 0.15) is 0 Å². The van der Waals surface area contributed by atoms with Gasteiger partial charge in [0.2, 0.25) is 0 Å². The summed E-state index contributed by atoms with van der Waals surface area (Å²) in [5.41, 5.74) is 4.36. The molecule has 1 aliphatic heterocycles. The highest BCUT2D eigenvalue weighted by Gasteiger charge is 2.14. The number of nitrogens with zero attached hydrogens (tertiary/aromatic N) is 1. The fourth-order valence-electron chi connectivity index (χ4n) is 2.25. The second kappa shape index (κ2) is 5.15. The summed E-state index contributed by atoms with van der Waals surface area (Å²) in [5, 5.41) is 3.46. The maximum Gasteiger partial charge on any atom is 0.0397 e. The van der Waals surface area contributed by atoms with Crippen LogP contribution in [0.5, 0.6) is 0 Å². The molecule has 98 valence electrons. The SMILES string of the molecule is CN1CCc2cc(C=CCNC(C)(C)C)ccc21. The number of hydrogen-bond donors (Lipinski definition) is 1. The van der Waals surface area contributed by atoms with E-state index in [0.29, 0.717) is 0 Å². The average Bonchev–Trinajstić information content (AvgIpc) is 2.65. The topological polar surface area (TPSA) is 15.3 Å². The highest BCUT2D eigenvalue weighted by Crippen LogP contribution is 2.27. The lowest BCUT2D eigenvalue weighted by molar-refractivity contribution is 0.450. The van der Waals surface area contributed by atoms with Crippen LogP contribution in [0, 0.1) is 0 Å². The van der Waals surface area contributed by atoms with Crippen molar-refractivity contribution >= 4 is 11.8 Å². The van der Waals surface area contributed by atoms with E-state index in [1.54, 1.807) is 0 Å². The number of benzene rings is 1. The van der Waals surface area contributed by atoms with Crippen LogP contribution in [0.25, 0.3) is 6.08 Å². The Morgan fingerprint density at radius 3 is 2.83 bits per heavy atom. The minimum absolute atomic E-state index is 0.186. The Morgan fingerprint density at radius 1 is 1.33 bits per heavy atom. The van der Waals surface area contributed by atoms with Crippen molar-refractivity contribution in [3.8, 4) is 0 Å². The van der Waals surface area contributed by atoms with Crippen molar-refractivity contribution in [3.05, 3.63) is 35.4 Å². The first-order valence-corrected chi connectivity index (χ1v) is 6.71. The van der Waals surface area contributed by atoms with E-state index in [4.69, 9.17) is 0 Å². The first kappa shape index (κ1) is 13.2. The second-order valence-electron chi connectivity index (χ2n) is 6.09. The summed E-state index contributed by atoms with van der Waals surface area (Å²) in [4.78, 5) is 2.32. The van der Waals surface area contributed by atoms with Crippen molar-refractivity contribution in [1.82, 2.24) is 5.32 Å². The zero-order chi connectivity index (χ0) is 13.2. The monoisotopic (exact) mass is 244 g/mol. The van der Waals surface area contributed by atoms with E-state index in [2.05, 4.69) is 68.4 Å². The van der Waals surface area contributed by atoms with E-state index < -0.39 is 0 Å². The van der Waals surface area contributed by atoms with E-state index in [0.717, 1.165) is 13.1 Å². The maximum atomic E-state index is 3.46. The van der Waals surface area contributed by atoms with E-state index in [9.17, 15) is 0 Å². The van der Waals surface area contributed by atoms with Crippen molar-refractivity contribution in [3.63, 3.8) is 0 Å². The molecule has 0 radical (unpaired) electrons. The molecule has 0 saturated carbocycles. The molecular formula is C16H24N2. The Kier molecular flexibility index (Phi) is 3.76. The van der Waals surface area contributed by atoms with Crippen LogP contribution >= 0.6 is 0 Å². The number of hydrogen-bond acceptors (Lipinski definition) is 2. The minimum atomic E-state index is 0.186. The molecule has 1 aromatic rings. The van der Waals surface area contributed by atoms with Crippen LogP contribution in [-0.2, 0) is 6.42 Å². The fraction of sp³-hybridized carbons (Fsp3) is 0.500. The van der Waals surface area contributed by atoms with Crippen LogP contribution in [0.3, 0.4) is 0 Å². The molecule has 2 nitrogen and oxygen atoms in total. The van der Waals surface area contributed by atoms with Gasteiger partial charge in [-0.2, -0.15) is 0 Å². The van der Waals surface area contributed by atoms with Gasteiger partial charge < -0.3 is 10.2 Å². The van der Waals surface area contributed by atoms with E-state index in [1.165, 1.54) is 23.2 Å². The molecule has 0 atom stereocenters. The van der Waals surface area contributed by atoms with E-state index in [-0.39, 0.29) is 5.54 Å². The van der Waals surface area contributed by atoms with Crippen molar-refractivity contribution in [1.29, 1.82) is 0 Å². The number of anilines is 1. The Labute approximate surface area is 111 Å². The Balaban J connectivity index is 1.97. The third kappa shape index (κ3) is 3.36. The van der Waals surface area contributed by atoms with Crippen LogP contribution in [0.1, 0.15) is 31.9 Å². The molecule has 0 unspecified atom stereocenters. The molecule has 0 amide bonds. The Morgan fingerprint density at radius 2 is 2.11 bits per heavy atom. The highest BCUT2D eigenvalue weighted by atomic mass is 15.1. The lowest BCUT2D eigenvalue weighted by Crippen LogP contribution is -2.35. The first-order valence-electron chi connectivity index (χ1n) is 6.71. The Bertz CT molecular complexity index is 441. The molecule has 0 saturated heterocycles. The van der Waals surface area contributed by atoms with Gasteiger partial charge in [0.05, 0.1) is 0 Å². The summed E-state index contributed by atoms with van der Waals surface area (Å²) >= 11 is 0. The third-order valence-corrected chi connectivity index (χ3v) is 3.29. The summed E-state index contributed by atoms with van der Waals surface area (Å²) in [5.74, 6) is 0. The molecule has 1 N–H and O–H groups in total. The van der Waals surface area contributed by atoms with Crippen LogP contribution in [0.2, 0.25) is 0 Å². The molecule has 0 fully saturated rings. The van der Waals surface area contributed by atoms with Crippen LogP contribution in [-0.4, -0.2) is 25.7 Å². The maximum absolute atomic E-state index is 3.46. The number of fused-ring (bicyclic) bond motifs is 1.